The molecule has 8 heteroatoms. The average Bonchev–Trinajstić information content (AvgIpc) is 2.37. The molecule has 0 bridgehead atoms. The third kappa shape index (κ3) is 7.07. The first-order valence-corrected chi connectivity index (χ1v) is 7.96. The second kappa shape index (κ2) is 7.96. The summed E-state index contributed by atoms with van der Waals surface area (Å²) in [6.45, 7) is 2.81. The van der Waals surface area contributed by atoms with Gasteiger partial charge in [-0.2, -0.15) is 13.1 Å². The van der Waals surface area contributed by atoms with E-state index in [0.29, 0.717) is 6.42 Å². The number of amides is 1. The summed E-state index contributed by atoms with van der Waals surface area (Å²) >= 11 is 0. The number of carbonyl (C=O) groups is 1. The molecule has 1 amide bonds. The van der Waals surface area contributed by atoms with Crippen LogP contribution in [0.5, 0.6) is 0 Å². The minimum Gasteiger partial charge on any atom is -0.446 e. The van der Waals surface area contributed by atoms with Gasteiger partial charge in [0.2, 0.25) is 0 Å². The van der Waals surface area contributed by atoms with E-state index in [0.717, 1.165) is 5.56 Å². The number of aliphatic hydroxyl groups is 1. The minimum absolute atomic E-state index is 0.303. The van der Waals surface area contributed by atoms with Gasteiger partial charge in [0.15, 0.2) is 0 Å². The number of hydrogen-bond acceptors (Lipinski definition) is 5. The number of benzene rings is 1. The van der Waals surface area contributed by atoms with Gasteiger partial charge in [-0.3, -0.25) is 0 Å². The molecule has 0 unspecified atom stereocenters. The van der Waals surface area contributed by atoms with Gasteiger partial charge < -0.3 is 9.84 Å². The summed E-state index contributed by atoms with van der Waals surface area (Å²) in [6.07, 6.45) is -1.19. The van der Waals surface area contributed by atoms with Crippen LogP contribution in [0.2, 0.25) is 0 Å². The molecule has 1 rings (SSSR count). The number of hydrogen-bond donors (Lipinski definition) is 3. The lowest BCUT2D eigenvalue weighted by Gasteiger charge is -2.17. The number of nitrogens with one attached hydrogen (secondary N) is 2. The number of aliphatic hydroxyl groups excluding tert-OH is 1. The van der Waals surface area contributed by atoms with E-state index in [4.69, 9.17) is 0 Å². The van der Waals surface area contributed by atoms with Crippen molar-refractivity contribution in [2.75, 3.05) is 6.61 Å². The smallest absolute Gasteiger partial charge is 0.422 e. The van der Waals surface area contributed by atoms with Gasteiger partial charge in [-0.15, -0.1) is 0 Å². The first kappa shape index (κ1) is 17.4. The molecule has 0 spiro atoms. The van der Waals surface area contributed by atoms with Crippen molar-refractivity contribution in [1.29, 1.82) is 0 Å². The minimum atomic E-state index is -4.09. The van der Waals surface area contributed by atoms with Crippen LogP contribution in [0.15, 0.2) is 30.3 Å². The van der Waals surface area contributed by atoms with Crippen LogP contribution in [0.1, 0.15) is 19.4 Å². The SMILES string of the molecule is CC(C)OC(=O)NS(=O)(=O)N[C@@H](CO)Cc1ccccc1. The molecule has 0 aliphatic rings. The van der Waals surface area contributed by atoms with Gasteiger partial charge in [-0.05, 0) is 25.8 Å². The zero-order chi connectivity index (χ0) is 15.9. The monoisotopic (exact) mass is 316 g/mol. The lowest BCUT2D eigenvalue weighted by atomic mass is 10.1. The van der Waals surface area contributed by atoms with Crippen LogP contribution in [0, 0.1) is 0 Å². The van der Waals surface area contributed by atoms with Gasteiger partial charge in [-0.1, -0.05) is 30.3 Å². The van der Waals surface area contributed by atoms with Crippen molar-refractivity contribution in [1.82, 2.24) is 9.44 Å². The lowest BCUT2D eigenvalue weighted by Crippen LogP contribution is -2.47. The highest BCUT2D eigenvalue weighted by molar-refractivity contribution is 7.88. The van der Waals surface area contributed by atoms with Crippen LogP contribution >= 0.6 is 0 Å². The largest absolute Gasteiger partial charge is 0.446 e. The van der Waals surface area contributed by atoms with Crippen molar-refractivity contribution in [3.05, 3.63) is 35.9 Å². The molecule has 1 aromatic carbocycles. The molecular weight excluding hydrogens is 296 g/mol. The number of carbonyl (C=O) groups excluding carboxylic acids is 1. The van der Waals surface area contributed by atoms with Crippen LogP contribution in [0.4, 0.5) is 4.79 Å². The molecule has 0 aliphatic heterocycles. The van der Waals surface area contributed by atoms with Crippen molar-refractivity contribution in [2.45, 2.75) is 32.4 Å². The van der Waals surface area contributed by atoms with E-state index < -0.39 is 35.1 Å². The van der Waals surface area contributed by atoms with Crippen molar-refractivity contribution in [3.63, 3.8) is 0 Å². The maximum atomic E-state index is 11.7. The molecule has 1 atom stereocenters. The molecule has 21 heavy (non-hydrogen) atoms. The molecule has 0 fully saturated rings. The Labute approximate surface area is 124 Å². The Morgan fingerprint density at radius 1 is 1.29 bits per heavy atom. The quantitative estimate of drug-likeness (QED) is 0.682. The van der Waals surface area contributed by atoms with E-state index >= 15 is 0 Å². The molecule has 7 nitrogen and oxygen atoms in total. The summed E-state index contributed by atoms with van der Waals surface area (Å²) in [5, 5.41) is 9.26. The molecule has 3 N–H and O–H groups in total. The van der Waals surface area contributed by atoms with Crippen LogP contribution in [0.3, 0.4) is 0 Å². The molecule has 0 saturated heterocycles. The highest BCUT2D eigenvalue weighted by Gasteiger charge is 2.21. The van der Waals surface area contributed by atoms with Crippen molar-refractivity contribution in [3.8, 4) is 0 Å². The summed E-state index contributed by atoms with van der Waals surface area (Å²) in [4.78, 5) is 11.3. The van der Waals surface area contributed by atoms with E-state index in [2.05, 4.69) is 9.46 Å². The molecule has 1 aromatic rings. The zero-order valence-corrected chi connectivity index (χ0v) is 12.8. The van der Waals surface area contributed by atoms with E-state index in [1.807, 2.05) is 30.3 Å². The molecule has 0 aromatic heterocycles. The van der Waals surface area contributed by atoms with E-state index in [1.54, 1.807) is 18.6 Å². The highest BCUT2D eigenvalue weighted by atomic mass is 32.2. The fourth-order valence-corrected chi connectivity index (χ4v) is 2.56. The Hall–Kier alpha value is -1.64. The van der Waals surface area contributed by atoms with E-state index in [9.17, 15) is 18.3 Å². The second-order valence-electron chi connectivity index (χ2n) is 4.75. The lowest BCUT2D eigenvalue weighted by molar-refractivity contribution is 0.121. The van der Waals surface area contributed by atoms with Crippen molar-refractivity contribution >= 4 is 16.3 Å². The maximum absolute atomic E-state index is 11.7. The fraction of sp³-hybridized carbons (Fsp3) is 0.462. The second-order valence-corrected chi connectivity index (χ2v) is 6.19. The van der Waals surface area contributed by atoms with Gasteiger partial charge in [-0.25, -0.2) is 9.52 Å². The molecule has 0 saturated carbocycles. The average molecular weight is 316 g/mol. The molecule has 0 radical (unpaired) electrons. The van der Waals surface area contributed by atoms with Crippen molar-refractivity contribution in [2.24, 2.45) is 0 Å². The summed E-state index contributed by atoms with van der Waals surface area (Å²) in [7, 11) is -4.09. The molecule has 0 heterocycles. The standard InChI is InChI=1S/C13H20N2O5S/c1-10(2)20-13(17)15-21(18,19)14-12(9-16)8-11-6-4-3-5-7-11/h3-7,10,12,14,16H,8-9H2,1-2H3,(H,15,17)/t12-/m1/s1. The summed E-state index contributed by atoms with van der Waals surface area (Å²) in [5.41, 5.74) is 0.865. The van der Waals surface area contributed by atoms with Gasteiger partial charge in [0.05, 0.1) is 18.8 Å². The van der Waals surface area contributed by atoms with Gasteiger partial charge in [0.1, 0.15) is 0 Å². The Balaban J connectivity index is 2.61. The Kier molecular flexibility index (Phi) is 6.60. The number of rotatable bonds is 7. The zero-order valence-electron chi connectivity index (χ0n) is 11.9. The van der Waals surface area contributed by atoms with Gasteiger partial charge >= 0.3 is 16.3 Å². The van der Waals surface area contributed by atoms with Crippen molar-refractivity contribution < 1.29 is 23.1 Å². The summed E-state index contributed by atoms with van der Waals surface area (Å²) in [6, 6.07) is 8.37. The maximum Gasteiger partial charge on any atom is 0.422 e. The van der Waals surface area contributed by atoms with Crippen LogP contribution < -0.4 is 9.44 Å². The molecular formula is C13H20N2O5S. The molecule has 0 aliphatic carbocycles. The Morgan fingerprint density at radius 2 is 1.90 bits per heavy atom. The first-order valence-electron chi connectivity index (χ1n) is 6.48. The van der Waals surface area contributed by atoms with Crippen LogP contribution in [0.25, 0.3) is 0 Å². The van der Waals surface area contributed by atoms with E-state index in [1.165, 1.54) is 0 Å². The van der Waals surface area contributed by atoms with E-state index in [-0.39, 0.29) is 0 Å². The third-order valence-corrected chi connectivity index (χ3v) is 3.51. The summed E-state index contributed by atoms with van der Waals surface area (Å²) < 4.78 is 32.1. The molecule has 118 valence electrons. The normalized spacial score (nSPS) is 13.0. The number of ether oxygens (including phenoxy) is 1. The Morgan fingerprint density at radius 3 is 2.43 bits per heavy atom. The first-order chi connectivity index (χ1) is 9.82. The predicted molar refractivity (Wildman–Crippen MR) is 77.8 cm³/mol. The topological polar surface area (TPSA) is 105 Å². The third-order valence-electron chi connectivity index (χ3n) is 2.43. The summed E-state index contributed by atoms with van der Waals surface area (Å²) in [5.74, 6) is 0. The Bertz CT molecular complexity index is 545. The predicted octanol–water partition coefficient (Wildman–Crippen LogP) is 0.559. The van der Waals surface area contributed by atoms with Gasteiger partial charge in [0.25, 0.3) is 0 Å². The fourth-order valence-electron chi connectivity index (χ4n) is 1.64. The van der Waals surface area contributed by atoms with Crippen LogP contribution in [-0.2, 0) is 21.4 Å². The van der Waals surface area contributed by atoms with Crippen LogP contribution in [-0.4, -0.2) is 38.4 Å². The van der Waals surface area contributed by atoms with Gasteiger partial charge in [0, 0.05) is 0 Å². The highest BCUT2D eigenvalue weighted by Crippen LogP contribution is 2.03.